The van der Waals surface area contributed by atoms with Crippen molar-refractivity contribution in [2.75, 3.05) is 13.1 Å². The lowest BCUT2D eigenvalue weighted by molar-refractivity contribution is -0.191. The largest absolute Gasteiger partial charge is 0.458 e. The van der Waals surface area contributed by atoms with E-state index in [4.69, 9.17) is 20.0 Å². The average Bonchev–Trinajstić information content (AvgIpc) is 2.23. The molecule has 0 heterocycles. The van der Waals surface area contributed by atoms with Gasteiger partial charge in [0.1, 0.15) is 11.2 Å². The summed E-state index contributed by atoms with van der Waals surface area (Å²) >= 11 is 0. The number of carbonyl (C=O) groups is 2. The van der Waals surface area contributed by atoms with Crippen LogP contribution in [-0.2, 0) is 23.9 Å². The molecule has 0 spiro atoms. The van der Waals surface area contributed by atoms with Crippen molar-refractivity contribution < 1.29 is 23.9 Å². The Kier molecular flexibility index (Phi) is 7.84. The normalized spacial score (nSPS) is 12.4. The van der Waals surface area contributed by atoms with E-state index in [1.165, 1.54) is 0 Å². The minimum atomic E-state index is -1.47. The third-order valence-corrected chi connectivity index (χ3v) is 1.93. The number of hydrogen-bond donors (Lipinski definition) is 2. The van der Waals surface area contributed by atoms with Crippen molar-refractivity contribution in [3.63, 3.8) is 0 Å². The highest BCUT2D eigenvalue weighted by Crippen LogP contribution is 2.14. The zero-order valence-electron chi connectivity index (χ0n) is 13.8. The Morgan fingerprint density at radius 1 is 1.00 bits per heavy atom. The first-order valence-corrected chi connectivity index (χ1v) is 7.00. The highest BCUT2D eigenvalue weighted by molar-refractivity contribution is 5.98. The Labute approximate surface area is 126 Å². The van der Waals surface area contributed by atoms with Crippen LogP contribution in [0.4, 0.5) is 0 Å². The Bertz CT molecular complexity index is 316. The maximum Gasteiger partial charge on any atom is 0.349 e. The summed E-state index contributed by atoms with van der Waals surface area (Å²) in [6.07, 6.45) is -0.823. The molecule has 0 bridgehead atoms. The molecule has 3 N–H and O–H groups in total. The van der Waals surface area contributed by atoms with E-state index < -0.39 is 29.2 Å². The molecular formula is C14H28N2O5. The molecule has 7 heteroatoms. The predicted octanol–water partition coefficient (Wildman–Crippen LogP) is 0.908. The average molecular weight is 304 g/mol. The lowest BCUT2D eigenvalue weighted by atomic mass is 10.2. The number of nitrogens with two attached hydrogens (primary N) is 1. The summed E-state index contributed by atoms with van der Waals surface area (Å²) in [5.41, 5.74) is 6.44. The van der Waals surface area contributed by atoms with Crippen molar-refractivity contribution >= 4 is 11.9 Å². The Hall–Kier alpha value is -1.18. The summed E-state index contributed by atoms with van der Waals surface area (Å²) in [5, 5.41) is 0. The molecule has 0 saturated carbocycles. The summed E-state index contributed by atoms with van der Waals surface area (Å²) in [6, 6.07) is 0. The molecule has 0 aliphatic heterocycles. The van der Waals surface area contributed by atoms with Gasteiger partial charge in [-0.05, 0) is 54.5 Å². The van der Waals surface area contributed by atoms with Gasteiger partial charge in [-0.15, -0.1) is 0 Å². The van der Waals surface area contributed by atoms with E-state index in [0.717, 1.165) is 0 Å². The molecule has 0 unspecified atom stereocenters. The third-order valence-electron chi connectivity index (χ3n) is 1.93. The molecule has 0 aliphatic carbocycles. The van der Waals surface area contributed by atoms with Gasteiger partial charge in [0.25, 0.3) is 6.10 Å². The van der Waals surface area contributed by atoms with Gasteiger partial charge < -0.3 is 15.2 Å². The lowest BCUT2D eigenvalue weighted by Gasteiger charge is -2.26. The maximum atomic E-state index is 12.0. The minimum Gasteiger partial charge on any atom is -0.458 e. The molecule has 0 rings (SSSR count). The van der Waals surface area contributed by atoms with Crippen LogP contribution in [0, 0.1) is 0 Å². The van der Waals surface area contributed by atoms with E-state index in [-0.39, 0.29) is 0 Å². The van der Waals surface area contributed by atoms with Gasteiger partial charge in [-0.1, -0.05) is 0 Å². The molecule has 0 radical (unpaired) electrons. The molecule has 0 aromatic carbocycles. The molecule has 0 amide bonds. The second kappa shape index (κ2) is 8.31. The van der Waals surface area contributed by atoms with E-state index in [0.29, 0.717) is 19.5 Å². The lowest BCUT2D eigenvalue weighted by Crippen LogP contribution is -2.45. The van der Waals surface area contributed by atoms with Crippen molar-refractivity contribution in [2.24, 2.45) is 5.73 Å². The fourth-order valence-electron chi connectivity index (χ4n) is 1.22. The van der Waals surface area contributed by atoms with Crippen LogP contribution in [0.15, 0.2) is 0 Å². The zero-order chi connectivity index (χ0) is 16.7. The molecule has 0 fully saturated rings. The number of esters is 2. The number of rotatable bonds is 7. The van der Waals surface area contributed by atoms with E-state index in [9.17, 15) is 9.59 Å². The van der Waals surface area contributed by atoms with E-state index in [2.05, 4.69) is 5.48 Å². The van der Waals surface area contributed by atoms with Crippen LogP contribution in [0.3, 0.4) is 0 Å². The van der Waals surface area contributed by atoms with E-state index >= 15 is 0 Å². The molecule has 124 valence electrons. The molecular weight excluding hydrogens is 276 g/mol. The number of nitrogens with one attached hydrogen (secondary N) is 1. The van der Waals surface area contributed by atoms with Gasteiger partial charge in [0.15, 0.2) is 0 Å². The molecule has 0 aliphatic rings. The van der Waals surface area contributed by atoms with Crippen molar-refractivity contribution in [3.8, 4) is 0 Å². The van der Waals surface area contributed by atoms with Crippen LogP contribution in [0.1, 0.15) is 48.0 Å². The summed E-state index contributed by atoms with van der Waals surface area (Å²) in [4.78, 5) is 29.2. The molecule has 0 saturated heterocycles. The second-order valence-corrected chi connectivity index (χ2v) is 6.60. The third kappa shape index (κ3) is 10.2. The summed E-state index contributed by atoms with van der Waals surface area (Å²) in [5.74, 6) is -1.59. The second-order valence-electron chi connectivity index (χ2n) is 6.60. The molecule has 0 aromatic heterocycles. The van der Waals surface area contributed by atoms with Crippen LogP contribution in [0.25, 0.3) is 0 Å². The van der Waals surface area contributed by atoms with Gasteiger partial charge in [-0.3, -0.25) is 4.84 Å². The smallest absolute Gasteiger partial charge is 0.349 e. The molecule has 0 aromatic rings. The Morgan fingerprint density at radius 2 is 1.43 bits per heavy atom. The van der Waals surface area contributed by atoms with E-state index in [1.54, 1.807) is 41.5 Å². The first kappa shape index (κ1) is 19.8. The van der Waals surface area contributed by atoms with Crippen molar-refractivity contribution in [1.29, 1.82) is 0 Å². The fourth-order valence-corrected chi connectivity index (χ4v) is 1.22. The molecule has 7 nitrogen and oxygen atoms in total. The minimum absolute atomic E-state index is 0.415. The fraction of sp³-hybridized carbons (Fsp3) is 0.857. The van der Waals surface area contributed by atoms with Crippen LogP contribution >= 0.6 is 0 Å². The van der Waals surface area contributed by atoms with Crippen molar-refractivity contribution in [3.05, 3.63) is 0 Å². The summed E-state index contributed by atoms with van der Waals surface area (Å²) in [6.45, 7) is 11.1. The molecule has 21 heavy (non-hydrogen) atoms. The monoisotopic (exact) mass is 304 g/mol. The number of ether oxygens (including phenoxy) is 2. The highest BCUT2D eigenvalue weighted by atomic mass is 16.7. The number of hydrogen-bond acceptors (Lipinski definition) is 7. The van der Waals surface area contributed by atoms with E-state index in [1.807, 2.05) is 0 Å². The zero-order valence-corrected chi connectivity index (χ0v) is 13.8. The topological polar surface area (TPSA) is 99.9 Å². The maximum absolute atomic E-state index is 12.0. The van der Waals surface area contributed by atoms with Gasteiger partial charge in [-0.25, -0.2) is 15.1 Å². The van der Waals surface area contributed by atoms with Gasteiger partial charge in [0.2, 0.25) is 0 Å². The summed E-state index contributed by atoms with van der Waals surface area (Å²) < 4.78 is 10.3. The van der Waals surface area contributed by atoms with Crippen LogP contribution in [0.2, 0.25) is 0 Å². The number of carbonyl (C=O) groups excluding carboxylic acids is 2. The standard InChI is InChI=1S/C14H28N2O5/c1-13(2,3)19-11(17)10(21-16-9-7-8-15)12(18)20-14(4,5)6/h10,16H,7-9,15H2,1-6H3. The highest BCUT2D eigenvalue weighted by Gasteiger charge is 2.36. The van der Waals surface area contributed by atoms with Gasteiger partial charge in [-0.2, -0.15) is 0 Å². The molecule has 0 atom stereocenters. The van der Waals surface area contributed by atoms with Gasteiger partial charge in [0.05, 0.1) is 0 Å². The van der Waals surface area contributed by atoms with Crippen molar-refractivity contribution in [1.82, 2.24) is 5.48 Å². The van der Waals surface area contributed by atoms with Gasteiger partial charge >= 0.3 is 11.9 Å². The van der Waals surface area contributed by atoms with Crippen molar-refractivity contribution in [2.45, 2.75) is 65.3 Å². The number of hydroxylamine groups is 1. The SMILES string of the molecule is CC(C)(C)OC(=O)C(ONCCCN)C(=O)OC(C)(C)C. The van der Waals surface area contributed by atoms with Crippen LogP contribution in [-0.4, -0.2) is 42.3 Å². The summed E-state index contributed by atoms with van der Waals surface area (Å²) in [7, 11) is 0. The van der Waals surface area contributed by atoms with Crippen LogP contribution in [0.5, 0.6) is 0 Å². The first-order valence-electron chi connectivity index (χ1n) is 7.00. The quantitative estimate of drug-likeness (QED) is 0.312. The predicted molar refractivity (Wildman–Crippen MR) is 78.2 cm³/mol. The van der Waals surface area contributed by atoms with Crippen LogP contribution < -0.4 is 11.2 Å². The van der Waals surface area contributed by atoms with Gasteiger partial charge in [0, 0.05) is 6.54 Å². The first-order chi connectivity index (χ1) is 9.46. The Balaban J connectivity index is 4.75. The Morgan fingerprint density at radius 3 is 1.76 bits per heavy atom.